The number of fused-ring (bicyclic) bond motifs is 2. The molecule has 140 valence electrons. The van der Waals surface area contributed by atoms with Gasteiger partial charge in [-0.3, -0.25) is 0 Å². The smallest absolute Gasteiger partial charge is 0.241 e. The molecule has 0 radical (unpaired) electrons. The molecule has 1 saturated carbocycles. The van der Waals surface area contributed by atoms with E-state index < -0.39 is 0 Å². The first kappa shape index (κ1) is 17.9. The summed E-state index contributed by atoms with van der Waals surface area (Å²) in [6.45, 7) is 6.65. The molecule has 3 rings (SSSR count). The molecule has 0 saturated heterocycles. The van der Waals surface area contributed by atoms with Crippen molar-refractivity contribution in [1.29, 1.82) is 2.77 Å². The highest BCUT2D eigenvalue weighted by atomic mass is 32.1. The van der Waals surface area contributed by atoms with Crippen LogP contribution in [0.5, 0.6) is 5.88 Å². The molecule has 5 atom stereocenters. The molecule has 25 heavy (non-hydrogen) atoms. The molecule has 1 unspecified atom stereocenters. The third kappa shape index (κ3) is 5.02. The van der Waals surface area contributed by atoms with Crippen molar-refractivity contribution in [2.75, 3.05) is 11.9 Å². The Morgan fingerprint density at radius 2 is 2.24 bits per heavy atom. The zero-order valence-electron chi connectivity index (χ0n) is 17.4. The van der Waals surface area contributed by atoms with Gasteiger partial charge in [0.2, 0.25) is 13.6 Å². The van der Waals surface area contributed by atoms with Gasteiger partial charge in [0, 0.05) is 6.61 Å². The highest BCUT2D eigenvalue weighted by Crippen LogP contribution is 2.45. The number of anilines is 1. The van der Waals surface area contributed by atoms with E-state index in [1.54, 1.807) is 0 Å². The molecule has 0 aromatic carbocycles. The third-order valence-corrected chi connectivity index (χ3v) is 5.04. The summed E-state index contributed by atoms with van der Waals surface area (Å²) in [5.41, 5.74) is 1.93. The van der Waals surface area contributed by atoms with Crippen molar-refractivity contribution in [3.8, 4) is 5.88 Å². The second-order valence-corrected chi connectivity index (χ2v) is 8.02. The van der Waals surface area contributed by atoms with Crippen LogP contribution in [0.3, 0.4) is 0 Å². The lowest BCUT2D eigenvalue weighted by Gasteiger charge is -2.35. The largest absolute Gasteiger partial charge is 0.470 e. The second-order valence-electron chi connectivity index (χ2n) is 6.83. The molecular formula is C17H31BN3O2PS. The van der Waals surface area contributed by atoms with Gasteiger partial charge < -0.3 is 15.2 Å². The van der Waals surface area contributed by atoms with Crippen LogP contribution in [0.1, 0.15) is 50.5 Å². The summed E-state index contributed by atoms with van der Waals surface area (Å²) in [6, 6.07) is 0.342. The van der Waals surface area contributed by atoms with E-state index in [-0.39, 0.29) is 12.3 Å². The van der Waals surface area contributed by atoms with E-state index in [4.69, 9.17) is 7.50 Å². The fraction of sp³-hybridized carbons (Fsp3) is 0.765. The summed E-state index contributed by atoms with van der Waals surface area (Å²) in [4.78, 5) is 8.95. The number of aromatic nitrogens is 2. The molecule has 1 aliphatic heterocycles. The monoisotopic (exact) mass is 386 g/mol. The molecule has 1 aliphatic carbocycles. The van der Waals surface area contributed by atoms with Gasteiger partial charge in [0.05, 0.1) is 11.7 Å². The molecule has 0 amide bonds. The van der Waals surface area contributed by atoms with Crippen LogP contribution in [0, 0.1) is 25.7 Å². The summed E-state index contributed by atoms with van der Waals surface area (Å²) in [5, 5.41) is 8.16. The SMILES string of the molecule is [2H]B(P)S.[3H]OCCC[C@H]1C[C@H](CCC)[C@H]2Nc3c(C)nc(C)nc3O[C@@H]12. The Morgan fingerprint density at radius 3 is 2.92 bits per heavy atom. The predicted octanol–water partition coefficient (Wildman–Crippen LogP) is 2.90. The number of thiol groups is 1. The maximum absolute atomic E-state index is 6.85. The third-order valence-electron chi connectivity index (χ3n) is 5.04. The lowest BCUT2D eigenvalue weighted by Crippen LogP contribution is -2.44. The number of aliphatic hydroxyl groups is 1. The Labute approximate surface area is 162 Å². The molecule has 2 aliphatic rings. The average molecular weight is 386 g/mol. The van der Waals surface area contributed by atoms with Crippen molar-refractivity contribution in [2.24, 2.45) is 11.8 Å². The fourth-order valence-corrected chi connectivity index (χ4v) is 4.12. The highest BCUT2D eigenvalue weighted by Gasteiger charge is 2.47. The van der Waals surface area contributed by atoms with Crippen LogP contribution in [0.15, 0.2) is 0 Å². The molecule has 1 fully saturated rings. The van der Waals surface area contributed by atoms with Crippen molar-refractivity contribution in [2.45, 2.75) is 65.0 Å². The summed E-state index contributed by atoms with van der Waals surface area (Å²) >= 11 is 3.60. The van der Waals surface area contributed by atoms with Gasteiger partial charge in [-0.05, 0) is 52.7 Å². The van der Waals surface area contributed by atoms with Gasteiger partial charge in [-0.2, -0.15) is 14.1 Å². The number of rotatable bonds is 6. The minimum absolute atomic E-state index is 0.165. The molecule has 1 aromatic rings. The first-order valence-corrected chi connectivity index (χ1v) is 10.3. The first-order valence-electron chi connectivity index (χ1n) is 10.1. The minimum Gasteiger partial charge on any atom is -0.470 e. The number of nitrogens with zero attached hydrogens (tertiary/aromatic N) is 2. The zero-order valence-corrected chi connectivity index (χ0v) is 17.4. The topological polar surface area (TPSA) is 67.3 Å². The minimum atomic E-state index is -0.306. The van der Waals surface area contributed by atoms with Crippen LogP contribution in [0.25, 0.3) is 0 Å². The van der Waals surface area contributed by atoms with E-state index in [9.17, 15) is 0 Å². The number of aliphatic hydroxyl groups excluding tert-OH is 1. The molecular weight excluding hydrogens is 352 g/mol. The maximum Gasteiger partial charge on any atom is 0.241 e. The van der Waals surface area contributed by atoms with Gasteiger partial charge >= 0.3 is 0 Å². The van der Waals surface area contributed by atoms with E-state index in [0.717, 1.165) is 30.0 Å². The van der Waals surface area contributed by atoms with E-state index >= 15 is 0 Å². The van der Waals surface area contributed by atoms with Crippen molar-refractivity contribution in [3.63, 3.8) is 0 Å². The standard InChI is InChI=1S/C17H27N3O2.BH4PS/c1-4-6-12-9-13(7-5-8-21)16-15(12)20-14-10(2)18-11(3)19-17(14)22-16;2-1-3/h12-13,15-16,20-21H,4-9H2,1-3H3;1,3H,2H2/t12-,13-,15+,16-;/m0./s1/i21T;1D. The van der Waals surface area contributed by atoms with Gasteiger partial charge in [0.15, 0.2) is 0 Å². The molecule has 5 nitrogen and oxygen atoms in total. The van der Waals surface area contributed by atoms with E-state index in [0.29, 0.717) is 30.4 Å². The Bertz CT molecular complexity index is 615. The molecule has 8 heteroatoms. The van der Waals surface area contributed by atoms with Crippen molar-refractivity contribution in [3.05, 3.63) is 11.5 Å². The lowest BCUT2D eigenvalue weighted by molar-refractivity contribution is 0.121. The fourth-order valence-electron chi connectivity index (χ4n) is 4.12. The van der Waals surface area contributed by atoms with Crippen LogP contribution in [0.4, 0.5) is 5.69 Å². The molecule has 2 N–H and O–H groups in total. The Balaban J connectivity index is 0.000000596. The van der Waals surface area contributed by atoms with Gasteiger partial charge in [-0.15, -0.1) is 0 Å². The van der Waals surface area contributed by atoms with E-state index in [2.05, 4.69) is 48.9 Å². The number of hydrogen-bond donors (Lipinski definition) is 3. The second kappa shape index (κ2) is 9.98. The van der Waals surface area contributed by atoms with Gasteiger partial charge in [-0.1, -0.05) is 13.3 Å². The lowest BCUT2D eigenvalue weighted by atomic mass is 9.96. The van der Waals surface area contributed by atoms with Crippen LogP contribution >= 0.6 is 21.6 Å². The Kier molecular flexibility index (Phi) is 7.14. The van der Waals surface area contributed by atoms with Gasteiger partial charge in [0.1, 0.15) is 17.6 Å². The average Bonchev–Trinajstić information content (AvgIpc) is 2.90. The van der Waals surface area contributed by atoms with Crippen molar-refractivity contribution in [1.82, 2.24) is 9.97 Å². The van der Waals surface area contributed by atoms with Gasteiger partial charge in [0.25, 0.3) is 0 Å². The van der Waals surface area contributed by atoms with Crippen LogP contribution in [-0.2, 0) is 0 Å². The number of hydrogen-bond acceptors (Lipinski definition) is 6. The van der Waals surface area contributed by atoms with Crippen LogP contribution in [0.2, 0.25) is 0 Å². The quantitative estimate of drug-likeness (QED) is 0.304. The molecule has 0 bridgehead atoms. The summed E-state index contributed by atoms with van der Waals surface area (Å²) < 4.78 is 19.6. The van der Waals surface area contributed by atoms with Crippen LogP contribution < -0.4 is 10.1 Å². The van der Waals surface area contributed by atoms with E-state index in [1.807, 2.05) is 13.8 Å². The number of nitrogens with one attached hydrogen (secondary N) is 1. The highest BCUT2D eigenvalue weighted by molar-refractivity contribution is 8.20. The van der Waals surface area contributed by atoms with Gasteiger partial charge in [-0.25, -0.2) is 17.5 Å². The summed E-state index contributed by atoms with van der Waals surface area (Å²) in [6.07, 6.45) is 5.39. The summed E-state index contributed by atoms with van der Waals surface area (Å²) in [5.74, 6) is 2.59. The van der Waals surface area contributed by atoms with Crippen LogP contribution in [-0.4, -0.2) is 42.8 Å². The first-order chi connectivity index (χ1) is 12.9. The Hall–Kier alpha value is -0.515. The normalized spacial score (nSPS) is 27.6. The molecule has 2 heterocycles. The van der Waals surface area contributed by atoms with Crippen molar-refractivity contribution >= 4 is 33.5 Å². The van der Waals surface area contributed by atoms with Crippen molar-refractivity contribution < 1.29 is 9.85 Å². The van der Waals surface area contributed by atoms with E-state index in [1.165, 1.54) is 19.3 Å². The molecule has 0 spiro atoms. The number of ether oxygens (including phenoxy) is 1. The molecule has 1 aromatic heterocycles. The Morgan fingerprint density at radius 1 is 1.48 bits per heavy atom. The zero-order chi connectivity index (χ0) is 20.0. The predicted molar refractivity (Wildman–Crippen MR) is 112 cm³/mol. The summed E-state index contributed by atoms with van der Waals surface area (Å²) in [7, 11) is 2.19. The maximum atomic E-state index is 6.85. The number of aryl methyl sites for hydroxylation is 2.